The first kappa shape index (κ1) is 36.4. The van der Waals surface area contributed by atoms with Gasteiger partial charge < -0.3 is 25.1 Å². The first-order valence-corrected chi connectivity index (χ1v) is 17.0. The molecule has 248 valence electrons. The number of aliphatic hydroxyl groups is 1. The standard InChI is InChI=1S/C26H42ClN6O9PS/c1-8-38-20-18-19(30-24(28)31-20)33(14-29-18)22-26(7,27)11-17(42-22)12-40-43(37,32-16(4)21(35)41-15(2)3)39-9-10-44-23(36)25(5,6)13-34/h14-17,22,34H,8-13H2,1-7H3,(H,32,37)(H2,28,30,31)/t16-,17-,22+,26+,43+/m0/s1. The summed E-state index contributed by atoms with van der Waals surface area (Å²) in [6.45, 7) is 11.3. The van der Waals surface area contributed by atoms with Crippen molar-refractivity contribution in [3.63, 3.8) is 0 Å². The number of nitrogens with one attached hydrogen (secondary N) is 1. The Morgan fingerprint density at radius 1 is 1.34 bits per heavy atom. The third-order valence-corrected chi connectivity index (χ3v) is 9.66. The van der Waals surface area contributed by atoms with Crippen LogP contribution in [-0.2, 0) is 32.7 Å². The van der Waals surface area contributed by atoms with Crippen LogP contribution in [0.25, 0.3) is 11.2 Å². The first-order valence-electron chi connectivity index (χ1n) is 14.1. The molecule has 1 aliphatic rings. The van der Waals surface area contributed by atoms with E-state index in [1.807, 2.05) is 6.92 Å². The van der Waals surface area contributed by atoms with Crippen LogP contribution in [0.5, 0.6) is 5.88 Å². The molecule has 1 fully saturated rings. The van der Waals surface area contributed by atoms with Crippen LogP contribution in [0.2, 0.25) is 0 Å². The maximum atomic E-state index is 13.8. The molecule has 44 heavy (non-hydrogen) atoms. The molecule has 0 aromatic carbocycles. The van der Waals surface area contributed by atoms with E-state index in [0.29, 0.717) is 17.8 Å². The predicted octanol–water partition coefficient (Wildman–Crippen LogP) is 3.44. The zero-order valence-corrected chi connectivity index (χ0v) is 28.4. The van der Waals surface area contributed by atoms with Gasteiger partial charge in [0.25, 0.3) is 0 Å². The molecule has 3 rings (SSSR count). The summed E-state index contributed by atoms with van der Waals surface area (Å²) in [5, 5.41) is 11.8. The normalized spacial score (nSPS) is 22.7. The average molecular weight is 681 g/mol. The molecule has 18 heteroatoms. The Morgan fingerprint density at radius 2 is 2.05 bits per heavy atom. The van der Waals surface area contributed by atoms with Crippen molar-refractivity contribution in [2.75, 3.05) is 37.9 Å². The number of imidazole rings is 1. The molecule has 1 saturated heterocycles. The maximum Gasteiger partial charge on any atom is 0.406 e. The van der Waals surface area contributed by atoms with Gasteiger partial charge in [-0.1, -0.05) is 11.8 Å². The summed E-state index contributed by atoms with van der Waals surface area (Å²) in [6, 6.07) is -1.04. The SMILES string of the molecule is CCOc1nc(N)nc2c1ncn2[C@@H]1O[C@H](CO[P@@](=O)(N[C@@H](C)C(=O)OC(C)C)OCCSC(=O)C(C)(C)CO)C[C@@]1(C)Cl. The fourth-order valence-corrected chi connectivity index (χ4v) is 6.91. The van der Waals surface area contributed by atoms with Gasteiger partial charge in [-0.2, -0.15) is 9.97 Å². The zero-order chi connectivity index (χ0) is 32.9. The minimum atomic E-state index is -4.14. The van der Waals surface area contributed by atoms with E-state index >= 15 is 0 Å². The van der Waals surface area contributed by atoms with Crippen LogP contribution in [0.15, 0.2) is 6.33 Å². The van der Waals surface area contributed by atoms with Crippen LogP contribution in [-0.4, -0.2) is 91.0 Å². The number of thioether (sulfide) groups is 1. The Balaban J connectivity index is 1.73. The lowest BCUT2D eigenvalue weighted by molar-refractivity contribution is -0.149. The Labute approximate surface area is 265 Å². The molecule has 2 aromatic heterocycles. The second-order valence-corrected chi connectivity index (χ2v) is 15.1. The number of nitrogen functional groups attached to an aromatic ring is 1. The molecule has 0 amide bonds. The number of rotatable bonds is 16. The van der Waals surface area contributed by atoms with Gasteiger partial charge in [0, 0.05) is 5.75 Å². The number of nitrogens with zero attached hydrogens (tertiary/aromatic N) is 4. The number of nitrogens with two attached hydrogens (primary N) is 1. The maximum absolute atomic E-state index is 13.8. The highest BCUT2D eigenvalue weighted by Crippen LogP contribution is 2.48. The average Bonchev–Trinajstić information content (AvgIpc) is 3.48. The highest BCUT2D eigenvalue weighted by Gasteiger charge is 2.47. The Bertz CT molecular complexity index is 1360. The topological polar surface area (TPSA) is 199 Å². The van der Waals surface area contributed by atoms with Gasteiger partial charge in [0.2, 0.25) is 11.8 Å². The molecule has 1 aliphatic heterocycles. The number of fused-ring (bicyclic) bond motifs is 1. The third kappa shape index (κ3) is 9.25. The summed E-state index contributed by atoms with van der Waals surface area (Å²) in [7, 11) is -4.14. The molecule has 4 N–H and O–H groups in total. The van der Waals surface area contributed by atoms with E-state index in [-0.39, 0.29) is 55.0 Å². The Morgan fingerprint density at radius 3 is 2.68 bits per heavy atom. The monoisotopic (exact) mass is 680 g/mol. The van der Waals surface area contributed by atoms with Gasteiger partial charge in [0.05, 0.1) is 55.3 Å². The van der Waals surface area contributed by atoms with Gasteiger partial charge in [-0.25, -0.2) is 14.6 Å². The summed E-state index contributed by atoms with van der Waals surface area (Å²) in [6.07, 6.45) is -0.0196. The third-order valence-electron chi connectivity index (χ3n) is 6.42. The molecule has 5 atom stereocenters. The molecular formula is C26H42ClN6O9PS. The molecule has 3 heterocycles. The van der Waals surface area contributed by atoms with E-state index in [1.54, 1.807) is 39.2 Å². The number of esters is 1. The molecule has 2 aromatic rings. The number of aliphatic hydroxyl groups excluding tert-OH is 1. The predicted molar refractivity (Wildman–Crippen MR) is 165 cm³/mol. The molecule has 0 bridgehead atoms. The molecule has 0 saturated carbocycles. The van der Waals surface area contributed by atoms with Crippen LogP contribution in [0.3, 0.4) is 0 Å². The van der Waals surface area contributed by atoms with Gasteiger partial charge in [-0.05, 0) is 54.9 Å². The van der Waals surface area contributed by atoms with Crippen LogP contribution in [0.4, 0.5) is 5.95 Å². The minimum absolute atomic E-state index is 0.00841. The van der Waals surface area contributed by atoms with Crippen LogP contribution in [0.1, 0.15) is 61.1 Å². The fourth-order valence-electron chi connectivity index (χ4n) is 4.16. The summed E-state index contributed by atoms with van der Waals surface area (Å²) < 4.78 is 43.8. The van der Waals surface area contributed by atoms with E-state index in [4.69, 9.17) is 40.6 Å². The highest BCUT2D eigenvalue weighted by molar-refractivity contribution is 8.13. The van der Waals surface area contributed by atoms with Gasteiger partial charge in [0.1, 0.15) is 6.04 Å². The van der Waals surface area contributed by atoms with Crippen LogP contribution >= 0.6 is 31.1 Å². The second kappa shape index (κ2) is 15.0. The Kier molecular flexibility index (Phi) is 12.4. The number of carbonyl (C=O) groups is 2. The number of aromatic nitrogens is 4. The summed E-state index contributed by atoms with van der Waals surface area (Å²) >= 11 is 7.83. The summed E-state index contributed by atoms with van der Waals surface area (Å²) in [4.78, 5) is 36.6. The molecule has 15 nitrogen and oxygen atoms in total. The first-order chi connectivity index (χ1) is 20.5. The van der Waals surface area contributed by atoms with Crippen molar-refractivity contribution >= 4 is 59.3 Å². The quantitative estimate of drug-likeness (QED) is 0.101. The number of ether oxygens (including phenoxy) is 3. The second-order valence-electron chi connectivity index (χ2n) is 11.4. The van der Waals surface area contributed by atoms with Crippen molar-refractivity contribution in [2.24, 2.45) is 5.41 Å². The van der Waals surface area contributed by atoms with Crippen LogP contribution in [0, 0.1) is 5.41 Å². The van der Waals surface area contributed by atoms with E-state index in [0.717, 1.165) is 11.8 Å². The van der Waals surface area contributed by atoms with Crippen molar-refractivity contribution in [1.82, 2.24) is 24.6 Å². The minimum Gasteiger partial charge on any atom is -0.476 e. The number of hydrogen-bond acceptors (Lipinski definition) is 14. The van der Waals surface area contributed by atoms with Crippen molar-refractivity contribution in [3.8, 4) is 5.88 Å². The van der Waals surface area contributed by atoms with Gasteiger partial charge in [-0.15, -0.1) is 11.6 Å². The molecular weight excluding hydrogens is 639 g/mol. The largest absolute Gasteiger partial charge is 0.476 e. The number of halogens is 1. The molecule has 0 radical (unpaired) electrons. The smallest absolute Gasteiger partial charge is 0.406 e. The van der Waals surface area contributed by atoms with Crippen LogP contribution < -0.4 is 15.6 Å². The van der Waals surface area contributed by atoms with E-state index < -0.39 is 42.4 Å². The van der Waals surface area contributed by atoms with E-state index in [9.17, 15) is 19.3 Å². The molecule has 0 aliphatic carbocycles. The Hall–Kier alpha value is -2.04. The van der Waals surface area contributed by atoms with Gasteiger partial charge in [-0.3, -0.25) is 23.2 Å². The van der Waals surface area contributed by atoms with Crippen molar-refractivity contribution in [2.45, 2.75) is 84.2 Å². The number of alkyl halides is 1. The lowest BCUT2D eigenvalue weighted by Crippen LogP contribution is -2.36. The lowest BCUT2D eigenvalue weighted by Gasteiger charge is -2.25. The van der Waals surface area contributed by atoms with E-state index in [1.165, 1.54) is 13.3 Å². The number of hydrogen-bond donors (Lipinski definition) is 3. The van der Waals surface area contributed by atoms with Gasteiger partial charge >= 0.3 is 13.7 Å². The highest BCUT2D eigenvalue weighted by atomic mass is 35.5. The summed E-state index contributed by atoms with van der Waals surface area (Å²) in [5.41, 5.74) is 5.72. The zero-order valence-electron chi connectivity index (χ0n) is 25.9. The van der Waals surface area contributed by atoms with E-state index in [2.05, 4.69) is 20.0 Å². The lowest BCUT2D eigenvalue weighted by atomic mass is 9.97. The number of anilines is 1. The van der Waals surface area contributed by atoms with Crippen molar-refractivity contribution in [1.29, 1.82) is 0 Å². The van der Waals surface area contributed by atoms with Crippen molar-refractivity contribution < 1.29 is 42.5 Å². The van der Waals surface area contributed by atoms with Crippen molar-refractivity contribution in [3.05, 3.63) is 6.33 Å². The fraction of sp³-hybridized carbons (Fsp3) is 0.731. The summed E-state index contributed by atoms with van der Waals surface area (Å²) in [5.74, 6) is -0.290. The molecule has 0 unspecified atom stereocenters. The van der Waals surface area contributed by atoms with Gasteiger partial charge in [0.15, 0.2) is 22.5 Å². The number of carbonyl (C=O) groups excluding carboxylic acids is 2. The molecule has 0 spiro atoms.